The molecule has 0 unspecified atom stereocenters. The quantitative estimate of drug-likeness (QED) is 0.665. The van der Waals surface area contributed by atoms with Crippen LogP contribution in [0.1, 0.15) is 21.5 Å². The van der Waals surface area contributed by atoms with Gasteiger partial charge in [0.05, 0.1) is 18.4 Å². The van der Waals surface area contributed by atoms with Crippen molar-refractivity contribution in [3.05, 3.63) is 70.5 Å². The summed E-state index contributed by atoms with van der Waals surface area (Å²) in [7, 11) is 1.60. The van der Waals surface area contributed by atoms with Crippen LogP contribution >= 0.6 is 11.6 Å². The summed E-state index contributed by atoms with van der Waals surface area (Å²) >= 11 is 5.99. The number of hydrogen-bond donors (Lipinski definition) is 2. The number of carbonyl (C=O) groups excluding carboxylic acids is 1. The Balaban J connectivity index is 1.74. The Hall–Kier alpha value is -3.12. The van der Waals surface area contributed by atoms with E-state index < -0.39 is 0 Å². The van der Waals surface area contributed by atoms with Crippen LogP contribution in [-0.2, 0) is 0 Å². The average Bonchev–Trinajstić information content (AvgIpc) is 2.65. The second-order valence-electron chi connectivity index (χ2n) is 6.04. The molecule has 0 aliphatic carbocycles. The molecule has 0 aliphatic heterocycles. The molecule has 1 amide bonds. The molecule has 2 aromatic carbocycles. The van der Waals surface area contributed by atoms with Crippen molar-refractivity contribution in [1.82, 2.24) is 9.97 Å². The summed E-state index contributed by atoms with van der Waals surface area (Å²) in [6, 6.07) is 11.1. The molecule has 27 heavy (non-hydrogen) atoms. The van der Waals surface area contributed by atoms with Crippen molar-refractivity contribution in [3.8, 4) is 5.75 Å². The fourth-order valence-corrected chi connectivity index (χ4v) is 2.65. The van der Waals surface area contributed by atoms with E-state index in [1.54, 1.807) is 19.2 Å². The van der Waals surface area contributed by atoms with Crippen molar-refractivity contribution in [3.63, 3.8) is 0 Å². The van der Waals surface area contributed by atoms with E-state index in [2.05, 4.69) is 20.6 Å². The first-order valence-corrected chi connectivity index (χ1v) is 8.65. The van der Waals surface area contributed by atoms with E-state index in [0.29, 0.717) is 28.0 Å². The second kappa shape index (κ2) is 8.05. The molecule has 0 radical (unpaired) electrons. The van der Waals surface area contributed by atoms with Crippen LogP contribution in [0, 0.1) is 13.8 Å². The minimum Gasteiger partial charge on any atom is -0.495 e. The monoisotopic (exact) mass is 382 g/mol. The van der Waals surface area contributed by atoms with Crippen LogP contribution in [0.3, 0.4) is 0 Å². The number of ether oxygens (including phenoxy) is 1. The highest BCUT2D eigenvalue weighted by Crippen LogP contribution is 2.27. The minimum atomic E-state index is -0.306. The van der Waals surface area contributed by atoms with E-state index in [-0.39, 0.29) is 5.91 Å². The van der Waals surface area contributed by atoms with Crippen LogP contribution in [0.4, 0.5) is 17.3 Å². The molecule has 1 heterocycles. The Morgan fingerprint density at radius 2 is 1.78 bits per heavy atom. The Morgan fingerprint density at radius 3 is 2.48 bits per heavy atom. The number of methoxy groups -OCH3 is 1. The number of amides is 1. The molecular formula is C20H19ClN4O2. The minimum absolute atomic E-state index is 0.306. The molecule has 0 bridgehead atoms. The summed E-state index contributed by atoms with van der Waals surface area (Å²) in [6.45, 7) is 3.88. The van der Waals surface area contributed by atoms with Gasteiger partial charge in [0.25, 0.3) is 5.91 Å². The molecule has 138 valence electrons. The van der Waals surface area contributed by atoms with Crippen LogP contribution in [0.2, 0.25) is 5.02 Å². The molecule has 6 nitrogen and oxygen atoms in total. The topological polar surface area (TPSA) is 76.1 Å². The van der Waals surface area contributed by atoms with E-state index in [1.165, 1.54) is 12.4 Å². The largest absolute Gasteiger partial charge is 0.495 e. The second-order valence-corrected chi connectivity index (χ2v) is 6.47. The standard InChI is InChI=1S/C20H19ClN4O2/c1-12-4-7-18(27-3)17(8-12)25-20-22-10-14(11-23-20)19(26)24-16-9-15(21)6-5-13(16)2/h4-11H,1-3H3,(H,24,26)(H,22,23,25). The number of nitrogens with one attached hydrogen (secondary N) is 2. The number of nitrogens with zero attached hydrogens (tertiary/aromatic N) is 2. The molecule has 0 saturated heterocycles. The number of carbonyl (C=O) groups is 1. The lowest BCUT2D eigenvalue weighted by Crippen LogP contribution is -2.14. The Labute approximate surface area is 162 Å². The molecule has 0 atom stereocenters. The van der Waals surface area contributed by atoms with Crippen LogP contribution in [-0.4, -0.2) is 23.0 Å². The normalized spacial score (nSPS) is 10.4. The van der Waals surface area contributed by atoms with Gasteiger partial charge in [0, 0.05) is 23.1 Å². The van der Waals surface area contributed by atoms with Gasteiger partial charge < -0.3 is 15.4 Å². The summed E-state index contributed by atoms with van der Waals surface area (Å²) in [4.78, 5) is 20.9. The van der Waals surface area contributed by atoms with Gasteiger partial charge in [-0.15, -0.1) is 0 Å². The highest BCUT2D eigenvalue weighted by atomic mass is 35.5. The summed E-state index contributed by atoms with van der Waals surface area (Å²) < 4.78 is 5.33. The fraction of sp³-hybridized carbons (Fsp3) is 0.150. The maximum atomic E-state index is 12.4. The molecule has 3 aromatic rings. The Morgan fingerprint density at radius 1 is 1.04 bits per heavy atom. The molecule has 7 heteroatoms. The van der Waals surface area contributed by atoms with Gasteiger partial charge in [0.2, 0.25) is 5.95 Å². The highest BCUT2D eigenvalue weighted by molar-refractivity contribution is 6.31. The third-order valence-electron chi connectivity index (χ3n) is 3.96. The van der Waals surface area contributed by atoms with Crippen LogP contribution in [0.15, 0.2) is 48.8 Å². The van der Waals surface area contributed by atoms with Crippen LogP contribution in [0.5, 0.6) is 5.75 Å². The van der Waals surface area contributed by atoms with Gasteiger partial charge >= 0.3 is 0 Å². The Bertz CT molecular complexity index is 974. The first-order valence-electron chi connectivity index (χ1n) is 8.27. The summed E-state index contributed by atoms with van der Waals surface area (Å²) in [5.74, 6) is 0.747. The van der Waals surface area contributed by atoms with Gasteiger partial charge in [-0.2, -0.15) is 0 Å². The summed E-state index contributed by atoms with van der Waals surface area (Å²) in [5, 5.41) is 6.47. The molecule has 2 N–H and O–H groups in total. The van der Waals surface area contributed by atoms with Crippen LogP contribution in [0.25, 0.3) is 0 Å². The van der Waals surface area contributed by atoms with E-state index in [0.717, 1.165) is 16.8 Å². The highest BCUT2D eigenvalue weighted by Gasteiger charge is 2.11. The molecule has 0 spiro atoms. The fourth-order valence-electron chi connectivity index (χ4n) is 2.47. The third kappa shape index (κ3) is 4.54. The van der Waals surface area contributed by atoms with Crippen molar-refractivity contribution in [2.75, 3.05) is 17.7 Å². The predicted molar refractivity (Wildman–Crippen MR) is 107 cm³/mol. The molecule has 0 aliphatic rings. The number of halogens is 1. The van der Waals surface area contributed by atoms with Gasteiger partial charge in [0.1, 0.15) is 5.75 Å². The zero-order valence-corrected chi connectivity index (χ0v) is 16.0. The van der Waals surface area contributed by atoms with E-state index in [4.69, 9.17) is 16.3 Å². The lowest BCUT2D eigenvalue weighted by molar-refractivity contribution is 0.102. The van der Waals surface area contributed by atoms with Gasteiger partial charge in [0.15, 0.2) is 0 Å². The number of aromatic nitrogens is 2. The number of anilines is 3. The maximum absolute atomic E-state index is 12.4. The number of rotatable bonds is 5. The molecule has 3 rings (SSSR count). The SMILES string of the molecule is COc1ccc(C)cc1Nc1ncc(C(=O)Nc2cc(Cl)ccc2C)cn1. The number of benzene rings is 2. The van der Waals surface area contributed by atoms with Crippen LogP contribution < -0.4 is 15.4 Å². The zero-order chi connectivity index (χ0) is 19.4. The first-order chi connectivity index (χ1) is 13.0. The van der Waals surface area contributed by atoms with Gasteiger partial charge in [-0.25, -0.2) is 9.97 Å². The maximum Gasteiger partial charge on any atom is 0.258 e. The third-order valence-corrected chi connectivity index (χ3v) is 4.20. The van der Waals surface area contributed by atoms with Crippen molar-refractivity contribution in [1.29, 1.82) is 0 Å². The summed E-state index contributed by atoms with van der Waals surface area (Å²) in [5.41, 5.74) is 3.74. The van der Waals surface area contributed by atoms with E-state index in [1.807, 2.05) is 38.1 Å². The molecule has 1 aromatic heterocycles. The summed E-state index contributed by atoms with van der Waals surface area (Å²) in [6.07, 6.45) is 2.93. The lowest BCUT2D eigenvalue weighted by atomic mass is 10.2. The van der Waals surface area contributed by atoms with Gasteiger partial charge in [-0.1, -0.05) is 23.7 Å². The smallest absolute Gasteiger partial charge is 0.258 e. The van der Waals surface area contributed by atoms with Crippen molar-refractivity contribution < 1.29 is 9.53 Å². The predicted octanol–water partition coefficient (Wildman–Crippen LogP) is 4.75. The molecule has 0 saturated carbocycles. The van der Waals surface area contributed by atoms with Crippen molar-refractivity contribution >= 4 is 34.8 Å². The van der Waals surface area contributed by atoms with Gasteiger partial charge in [-0.05, 0) is 49.2 Å². The zero-order valence-electron chi connectivity index (χ0n) is 15.2. The van der Waals surface area contributed by atoms with E-state index >= 15 is 0 Å². The average molecular weight is 383 g/mol. The lowest BCUT2D eigenvalue weighted by Gasteiger charge is -2.11. The first kappa shape index (κ1) is 18.7. The van der Waals surface area contributed by atoms with Crippen molar-refractivity contribution in [2.24, 2.45) is 0 Å². The number of hydrogen-bond acceptors (Lipinski definition) is 5. The Kier molecular flexibility index (Phi) is 5.57. The van der Waals surface area contributed by atoms with E-state index in [9.17, 15) is 4.79 Å². The van der Waals surface area contributed by atoms with Crippen molar-refractivity contribution in [2.45, 2.75) is 13.8 Å². The molecule has 0 fully saturated rings. The van der Waals surface area contributed by atoms with Gasteiger partial charge in [-0.3, -0.25) is 4.79 Å². The molecular weight excluding hydrogens is 364 g/mol. The number of aryl methyl sites for hydroxylation is 2.